The van der Waals surface area contributed by atoms with E-state index in [1.54, 1.807) is 45.1 Å². The molecule has 0 saturated heterocycles. The molecule has 0 heterocycles. The lowest BCUT2D eigenvalue weighted by Crippen LogP contribution is -2.55. The van der Waals surface area contributed by atoms with Crippen LogP contribution in [0.4, 0.5) is 21.9 Å². The van der Waals surface area contributed by atoms with E-state index in [0.717, 1.165) is 0 Å². The van der Waals surface area contributed by atoms with Crippen LogP contribution in [0.1, 0.15) is 33.6 Å². The number of alkyl carbamates (subject to hydrolysis) is 1. The van der Waals surface area contributed by atoms with Crippen molar-refractivity contribution in [3.05, 3.63) is 23.1 Å². The molecule has 0 radical (unpaired) electrons. The largest absolute Gasteiger partial charge is 0.467 e. The summed E-state index contributed by atoms with van der Waals surface area (Å²) in [6.45, 7) is 5.08. The lowest BCUT2D eigenvalue weighted by Gasteiger charge is -2.22. The summed E-state index contributed by atoms with van der Waals surface area (Å²) in [6.07, 6.45) is -0.852. The molecule has 0 aliphatic carbocycles. The number of methoxy groups -OCH3 is 1. The van der Waals surface area contributed by atoms with Crippen molar-refractivity contribution in [2.24, 2.45) is 0 Å². The van der Waals surface area contributed by atoms with E-state index in [4.69, 9.17) is 4.74 Å². The molecule has 1 rings (SSSR count). The van der Waals surface area contributed by atoms with E-state index in [1.165, 1.54) is 13.2 Å². The van der Waals surface area contributed by atoms with Gasteiger partial charge in [0.25, 0.3) is 5.69 Å². The molecule has 0 aliphatic heterocycles. The molecular formula is C18H27N4O6+. The third-order valence-electron chi connectivity index (χ3n) is 3.52. The van der Waals surface area contributed by atoms with Crippen molar-refractivity contribution in [2.75, 3.05) is 24.8 Å². The van der Waals surface area contributed by atoms with E-state index in [2.05, 4.69) is 20.7 Å². The highest BCUT2D eigenvalue weighted by Gasteiger charge is 2.25. The molecule has 1 atom stereocenters. The Labute approximate surface area is 163 Å². The molecule has 10 heteroatoms. The van der Waals surface area contributed by atoms with Crippen molar-refractivity contribution in [1.29, 1.82) is 0 Å². The predicted molar refractivity (Wildman–Crippen MR) is 103 cm³/mol. The van der Waals surface area contributed by atoms with Crippen LogP contribution >= 0.6 is 0 Å². The van der Waals surface area contributed by atoms with Gasteiger partial charge in [-0.2, -0.15) is 0 Å². The van der Waals surface area contributed by atoms with Crippen LogP contribution in [0.15, 0.2) is 18.2 Å². The molecule has 0 unspecified atom stereocenters. The summed E-state index contributed by atoms with van der Waals surface area (Å²) < 4.78 is 9.78. The molecular weight excluding hydrogens is 368 g/mol. The minimum atomic E-state index is -1.04. The Morgan fingerprint density at radius 2 is 1.86 bits per heavy atom. The SMILES string of the molecule is CNc1ccc([NH+]=O)cc1NC(=O)CC[C@H](NC(=O)OC(C)(C)C)C(=O)OC. The summed E-state index contributed by atoms with van der Waals surface area (Å²) in [5.41, 5.74) is 0.576. The number of rotatable bonds is 8. The minimum absolute atomic E-state index is 0.00608. The monoisotopic (exact) mass is 395 g/mol. The third kappa shape index (κ3) is 7.60. The summed E-state index contributed by atoms with van der Waals surface area (Å²) in [6, 6.07) is 3.64. The van der Waals surface area contributed by atoms with Crippen LogP contribution in [0.25, 0.3) is 0 Å². The van der Waals surface area contributed by atoms with Crippen LogP contribution in [0.2, 0.25) is 0 Å². The first-order valence-corrected chi connectivity index (χ1v) is 8.66. The maximum Gasteiger partial charge on any atom is 0.408 e. The highest BCUT2D eigenvalue weighted by Crippen LogP contribution is 2.23. The number of carbonyl (C=O) groups excluding carboxylic acids is 3. The van der Waals surface area contributed by atoms with Crippen LogP contribution in [0.5, 0.6) is 0 Å². The molecule has 0 bridgehead atoms. The van der Waals surface area contributed by atoms with Gasteiger partial charge in [0, 0.05) is 35.7 Å². The van der Waals surface area contributed by atoms with Gasteiger partial charge >= 0.3 is 12.1 Å². The smallest absolute Gasteiger partial charge is 0.408 e. The molecule has 4 N–H and O–H groups in total. The number of amides is 2. The van der Waals surface area contributed by atoms with Crippen LogP contribution in [0.3, 0.4) is 0 Å². The lowest BCUT2D eigenvalue weighted by molar-refractivity contribution is -0.379. The second-order valence-electron chi connectivity index (χ2n) is 6.92. The minimum Gasteiger partial charge on any atom is -0.467 e. The van der Waals surface area contributed by atoms with Gasteiger partial charge in [-0.15, -0.1) is 0 Å². The second-order valence-corrected chi connectivity index (χ2v) is 6.92. The highest BCUT2D eigenvalue weighted by molar-refractivity contribution is 5.95. The van der Waals surface area contributed by atoms with Crippen molar-refractivity contribution >= 4 is 35.0 Å². The number of hydrogen-bond donors (Lipinski definition) is 4. The van der Waals surface area contributed by atoms with Gasteiger partial charge in [0.15, 0.2) is 0 Å². The van der Waals surface area contributed by atoms with Crippen molar-refractivity contribution < 1.29 is 29.0 Å². The van der Waals surface area contributed by atoms with Gasteiger partial charge in [-0.3, -0.25) is 4.79 Å². The predicted octanol–water partition coefficient (Wildman–Crippen LogP) is 0.992. The molecule has 0 saturated carbocycles. The fraction of sp³-hybridized carbons (Fsp3) is 0.500. The summed E-state index contributed by atoms with van der Waals surface area (Å²) in [5.74, 6) is -1.09. The van der Waals surface area contributed by atoms with E-state index in [0.29, 0.717) is 11.4 Å². The molecule has 0 spiro atoms. The Morgan fingerprint density at radius 3 is 2.39 bits per heavy atom. The average molecular weight is 395 g/mol. The topological polar surface area (TPSA) is 137 Å². The Balaban J connectivity index is 2.74. The first-order chi connectivity index (χ1) is 13.1. The fourth-order valence-corrected chi connectivity index (χ4v) is 2.26. The number of hydrogen-bond acceptors (Lipinski definition) is 7. The zero-order valence-corrected chi connectivity index (χ0v) is 16.7. The fourth-order valence-electron chi connectivity index (χ4n) is 2.26. The van der Waals surface area contributed by atoms with Crippen molar-refractivity contribution in [3.63, 3.8) is 0 Å². The Bertz CT molecular complexity index is 729. The molecule has 0 aromatic heterocycles. The number of anilines is 2. The summed E-state index contributed by atoms with van der Waals surface area (Å²) in [4.78, 5) is 46.9. The molecule has 1 aromatic carbocycles. The maximum atomic E-state index is 12.3. The van der Waals surface area contributed by atoms with Gasteiger partial charge in [0.1, 0.15) is 11.6 Å². The second kappa shape index (κ2) is 10.2. The van der Waals surface area contributed by atoms with Gasteiger partial charge in [-0.1, -0.05) is 0 Å². The third-order valence-corrected chi connectivity index (χ3v) is 3.52. The van der Waals surface area contributed by atoms with Gasteiger partial charge in [0.2, 0.25) is 5.91 Å². The number of nitrogens with one attached hydrogen (secondary N) is 4. The molecule has 0 aliphatic rings. The summed E-state index contributed by atoms with van der Waals surface area (Å²) in [7, 11) is 2.86. The van der Waals surface area contributed by atoms with Crippen LogP contribution < -0.4 is 21.1 Å². The number of nitroso groups, excluding NO2 is 1. The number of esters is 1. The zero-order valence-electron chi connectivity index (χ0n) is 16.7. The van der Waals surface area contributed by atoms with Gasteiger partial charge in [-0.05, 0) is 33.3 Å². The number of carbonyl (C=O) groups is 3. The lowest BCUT2D eigenvalue weighted by atomic mass is 10.1. The van der Waals surface area contributed by atoms with Crippen LogP contribution in [0, 0.1) is 4.91 Å². The molecule has 2 amide bonds. The van der Waals surface area contributed by atoms with Crippen molar-refractivity contribution in [1.82, 2.24) is 5.32 Å². The van der Waals surface area contributed by atoms with Crippen molar-refractivity contribution in [3.8, 4) is 0 Å². The highest BCUT2D eigenvalue weighted by atomic mass is 16.6. The van der Waals surface area contributed by atoms with Crippen LogP contribution in [-0.4, -0.2) is 43.8 Å². The van der Waals surface area contributed by atoms with Crippen molar-refractivity contribution in [2.45, 2.75) is 45.3 Å². The maximum absolute atomic E-state index is 12.3. The van der Waals surface area contributed by atoms with Gasteiger partial charge < -0.3 is 25.4 Å². The molecule has 10 nitrogen and oxygen atoms in total. The molecule has 0 fully saturated rings. The summed E-state index contributed by atoms with van der Waals surface area (Å²) >= 11 is 0. The molecule has 28 heavy (non-hydrogen) atoms. The Morgan fingerprint density at radius 1 is 1.18 bits per heavy atom. The van der Waals surface area contributed by atoms with E-state index >= 15 is 0 Å². The van der Waals surface area contributed by atoms with Gasteiger partial charge in [0.05, 0.1) is 18.5 Å². The average Bonchev–Trinajstić information content (AvgIpc) is 2.62. The normalized spacial score (nSPS) is 11.8. The van der Waals surface area contributed by atoms with E-state index < -0.39 is 29.6 Å². The molecule has 154 valence electrons. The van der Waals surface area contributed by atoms with E-state index in [9.17, 15) is 19.3 Å². The van der Waals surface area contributed by atoms with Gasteiger partial charge in [-0.25, -0.2) is 9.59 Å². The molecule has 1 aromatic rings. The first-order valence-electron chi connectivity index (χ1n) is 8.66. The Hall–Kier alpha value is -3.17. The zero-order chi connectivity index (χ0) is 21.3. The quantitative estimate of drug-likeness (QED) is 0.482. The number of ether oxygens (including phenoxy) is 2. The first kappa shape index (κ1) is 22.9. The Kier molecular flexibility index (Phi) is 8.36. The van der Waals surface area contributed by atoms with E-state index in [-0.39, 0.29) is 18.5 Å². The van der Waals surface area contributed by atoms with E-state index in [1.807, 2.05) is 0 Å². The van der Waals surface area contributed by atoms with Crippen LogP contribution in [-0.2, 0) is 19.1 Å². The number of benzene rings is 1. The summed E-state index contributed by atoms with van der Waals surface area (Å²) in [5, 5.41) is 9.72. The standard InChI is InChI=1S/C18H26N4O6/c1-18(2,3)28-17(25)21-13(16(24)27-5)8-9-15(23)20-14-10-11(22-26)6-7-12(14)19-4/h6-7,10,13,19H,8-9H2,1-5H3,(H,20,23)(H,21,25)/p+1/t13-/m0/s1.